The van der Waals surface area contributed by atoms with Crippen molar-refractivity contribution in [1.29, 1.82) is 0 Å². The summed E-state index contributed by atoms with van der Waals surface area (Å²) in [5.74, 6) is 0. The van der Waals surface area contributed by atoms with Gasteiger partial charge in [0.05, 0.1) is 17.6 Å². The lowest BCUT2D eigenvalue weighted by molar-refractivity contribution is 0.147. The lowest BCUT2D eigenvalue weighted by Crippen LogP contribution is -2.03. The highest BCUT2D eigenvalue weighted by atomic mass is 19.3. The molecule has 3 nitrogen and oxygen atoms in total. The molecule has 0 aliphatic rings. The second-order valence-electron chi connectivity index (χ2n) is 2.44. The molecule has 1 rings (SSSR count). The van der Waals surface area contributed by atoms with Gasteiger partial charge in [0, 0.05) is 0 Å². The van der Waals surface area contributed by atoms with Crippen molar-refractivity contribution in [1.82, 2.24) is 4.98 Å². The number of aromatic nitrogens is 1. The van der Waals surface area contributed by atoms with Gasteiger partial charge in [0.1, 0.15) is 5.69 Å². The third-order valence-electron chi connectivity index (χ3n) is 1.66. The molecule has 0 spiro atoms. The molecule has 0 amide bonds. The van der Waals surface area contributed by atoms with Crippen molar-refractivity contribution in [3.8, 4) is 0 Å². The van der Waals surface area contributed by atoms with Crippen molar-refractivity contribution in [2.45, 2.75) is 13.3 Å². The van der Waals surface area contributed by atoms with E-state index >= 15 is 0 Å². The Bertz CT molecular complexity index is 299. The van der Waals surface area contributed by atoms with Crippen LogP contribution in [-0.4, -0.2) is 4.98 Å². The SMILES string of the molecule is Cc1c(N)cnc(C(F)F)c1N. The van der Waals surface area contributed by atoms with Crippen molar-refractivity contribution < 1.29 is 8.78 Å². The minimum atomic E-state index is -2.65. The molecule has 12 heavy (non-hydrogen) atoms. The van der Waals surface area contributed by atoms with Crippen molar-refractivity contribution in [3.05, 3.63) is 17.5 Å². The first-order chi connectivity index (χ1) is 5.54. The Morgan fingerprint density at radius 1 is 1.42 bits per heavy atom. The van der Waals surface area contributed by atoms with Crippen LogP contribution in [0.3, 0.4) is 0 Å². The summed E-state index contributed by atoms with van der Waals surface area (Å²) in [5.41, 5.74) is 11.1. The summed E-state index contributed by atoms with van der Waals surface area (Å²) in [6.07, 6.45) is -1.46. The van der Waals surface area contributed by atoms with E-state index in [2.05, 4.69) is 4.98 Å². The van der Waals surface area contributed by atoms with E-state index in [1.54, 1.807) is 6.92 Å². The number of nitrogens with zero attached hydrogens (tertiary/aromatic N) is 1. The van der Waals surface area contributed by atoms with Gasteiger partial charge in [0.15, 0.2) is 0 Å². The van der Waals surface area contributed by atoms with Crippen LogP contribution in [0.1, 0.15) is 17.7 Å². The molecule has 4 N–H and O–H groups in total. The molecule has 1 aromatic heterocycles. The molecule has 0 aromatic carbocycles. The van der Waals surface area contributed by atoms with Crippen LogP contribution < -0.4 is 11.5 Å². The maximum absolute atomic E-state index is 12.2. The molecule has 0 fully saturated rings. The lowest BCUT2D eigenvalue weighted by atomic mass is 10.2. The van der Waals surface area contributed by atoms with E-state index in [0.29, 0.717) is 11.3 Å². The standard InChI is InChI=1S/C7H9F2N3/c1-3-4(10)2-12-6(5(3)11)7(8)9/h2,7H,10-11H2,1H3. The van der Waals surface area contributed by atoms with Crippen LogP contribution in [-0.2, 0) is 0 Å². The minimum absolute atomic E-state index is 0.0231. The quantitative estimate of drug-likeness (QED) is 0.676. The molecule has 0 aliphatic heterocycles. The van der Waals surface area contributed by atoms with Gasteiger partial charge < -0.3 is 11.5 Å². The summed E-state index contributed by atoms with van der Waals surface area (Å²) < 4.78 is 24.3. The van der Waals surface area contributed by atoms with Crippen LogP contribution in [0.5, 0.6) is 0 Å². The Hall–Kier alpha value is -1.39. The van der Waals surface area contributed by atoms with Gasteiger partial charge in [-0.15, -0.1) is 0 Å². The summed E-state index contributed by atoms with van der Waals surface area (Å²) >= 11 is 0. The zero-order chi connectivity index (χ0) is 9.30. The molecule has 0 bridgehead atoms. The van der Waals surface area contributed by atoms with Gasteiger partial charge in [0.25, 0.3) is 6.43 Å². The fourth-order valence-corrected chi connectivity index (χ4v) is 0.827. The van der Waals surface area contributed by atoms with E-state index in [9.17, 15) is 8.78 Å². The van der Waals surface area contributed by atoms with Crippen LogP contribution in [0.25, 0.3) is 0 Å². The van der Waals surface area contributed by atoms with Crippen LogP contribution >= 0.6 is 0 Å². The van der Waals surface area contributed by atoms with Crippen LogP contribution in [0, 0.1) is 6.92 Å². The van der Waals surface area contributed by atoms with E-state index < -0.39 is 12.1 Å². The van der Waals surface area contributed by atoms with Crippen molar-refractivity contribution in [3.63, 3.8) is 0 Å². The van der Waals surface area contributed by atoms with Gasteiger partial charge in [-0.25, -0.2) is 8.78 Å². The molecule has 0 saturated heterocycles. The molecule has 0 saturated carbocycles. The molecule has 0 atom stereocenters. The molecule has 0 aliphatic carbocycles. The Morgan fingerprint density at radius 3 is 2.50 bits per heavy atom. The third kappa shape index (κ3) is 1.30. The van der Waals surface area contributed by atoms with Crippen LogP contribution in [0.2, 0.25) is 0 Å². The van der Waals surface area contributed by atoms with Crippen LogP contribution in [0.15, 0.2) is 6.20 Å². The molecule has 0 unspecified atom stereocenters. The largest absolute Gasteiger partial charge is 0.397 e. The van der Waals surface area contributed by atoms with Crippen molar-refractivity contribution >= 4 is 11.4 Å². The summed E-state index contributed by atoms with van der Waals surface area (Å²) in [5, 5.41) is 0. The number of nitrogens with two attached hydrogens (primary N) is 2. The predicted molar refractivity (Wildman–Crippen MR) is 42.8 cm³/mol. The highest BCUT2D eigenvalue weighted by Gasteiger charge is 2.15. The van der Waals surface area contributed by atoms with E-state index in [-0.39, 0.29) is 5.69 Å². The zero-order valence-corrected chi connectivity index (χ0v) is 6.51. The fraction of sp³-hybridized carbons (Fsp3) is 0.286. The normalized spacial score (nSPS) is 10.7. The maximum atomic E-state index is 12.2. The number of hydrogen-bond acceptors (Lipinski definition) is 3. The average molecular weight is 173 g/mol. The fourth-order valence-electron chi connectivity index (χ4n) is 0.827. The first kappa shape index (κ1) is 8.70. The number of hydrogen-bond donors (Lipinski definition) is 2. The molecule has 0 radical (unpaired) electrons. The maximum Gasteiger partial charge on any atom is 0.282 e. The predicted octanol–water partition coefficient (Wildman–Crippen LogP) is 1.49. The summed E-state index contributed by atoms with van der Waals surface area (Å²) in [6.45, 7) is 1.58. The number of pyridine rings is 1. The average Bonchev–Trinajstić information content (AvgIpc) is 2.00. The van der Waals surface area contributed by atoms with E-state index in [4.69, 9.17) is 11.5 Å². The molecule has 1 aromatic rings. The second-order valence-corrected chi connectivity index (χ2v) is 2.44. The molecule has 66 valence electrons. The number of halogens is 2. The monoisotopic (exact) mass is 173 g/mol. The third-order valence-corrected chi connectivity index (χ3v) is 1.66. The summed E-state index contributed by atoms with van der Waals surface area (Å²) in [7, 11) is 0. The highest BCUT2D eigenvalue weighted by Crippen LogP contribution is 2.27. The first-order valence-electron chi connectivity index (χ1n) is 3.32. The van der Waals surface area contributed by atoms with Gasteiger partial charge in [-0.3, -0.25) is 4.98 Å². The van der Waals surface area contributed by atoms with Gasteiger partial charge in [-0.05, 0) is 12.5 Å². The molecule has 1 heterocycles. The zero-order valence-electron chi connectivity index (χ0n) is 6.51. The van der Waals surface area contributed by atoms with Crippen LogP contribution in [0.4, 0.5) is 20.2 Å². The summed E-state index contributed by atoms with van der Waals surface area (Å²) in [6, 6.07) is 0. The molecular formula is C7H9F2N3. The number of alkyl halides is 2. The van der Waals surface area contributed by atoms with E-state index in [0.717, 1.165) is 0 Å². The molecular weight excluding hydrogens is 164 g/mol. The minimum Gasteiger partial charge on any atom is -0.397 e. The van der Waals surface area contributed by atoms with Gasteiger partial charge in [-0.1, -0.05) is 0 Å². The van der Waals surface area contributed by atoms with Crippen molar-refractivity contribution in [2.24, 2.45) is 0 Å². The van der Waals surface area contributed by atoms with E-state index in [1.807, 2.05) is 0 Å². The van der Waals surface area contributed by atoms with Gasteiger partial charge in [-0.2, -0.15) is 0 Å². The van der Waals surface area contributed by atoms with E-state index in [1.165, 1.54) is 6.20 Å². The lowest BCUT2D eigenvalue weighted by Gasteiger charge is -2.07. The van der Waals surface area contributed by atoms with Gasteiger partial charge >= 0.3 is 0 Å². The number of nitrogen functional groups attached to an aromatic ring is 2. The Balaban J connectivity index is 3.27. The van der Waals surface area contributed by atoms with Gasteiger partial charge in [0.2, 0.25) is 0 Å². The second kappa shape index (κ2) is 2.92. The first-order valence-corrected chi connectivity index (χ1v) is 3.32. The summed E-state index contributed by atoms with van der Waals surface area (Å²) in [4.78, 5) is 3.44. The molecule has 5 heteroatoms. The topological polar surface area (TPSA) is 64.9 Å². The Morgan fingerprint density at radius 2 is 2.00 bits per heavy atom. The Labute approximate surface area is 68.4 Å². The highest BCUT2D eigenvalue weighted by molar-refractivity contribution is 5.61. The number of anilines is 2. The smallest absolute Gasteiger partial charge is 0.282 e. The van der Waals surface area contributed by atoms with Crippen molar-refractivity contribution in [2.75, 3.05) is 11.5 Å². The Kier molecular flexibility index (Phi) is 2.12. The number of rotatable bonds is 1.